The molecule has 5 nitrogen and oxygen atoms in total. The van der Waals surface area contributed by atoms with Crippen LogP contribution in [0.4, 0.5) is 14.5 Å². The number of carboxylic acid groups (broad SMARTS) is 1. The summed E-state index contributed by atoms with van der Waals surface area (Å²) in [6.07, 6.45) is -0.381. The molecule has 0 aliphatic heterocycles. The molecule has 1 atom stereocenters. The smallest absolute Gasteiger partial charge is 0.303 e. The Morgan fingerprint density at radius 1 is 1.37 bits per heavy atom. The van der Waals surface area contributed by atoms with Gasteiger partial charge in [0.2, 0.25) is 5.91 Å². The summed E-state index contributed by atoms with van der Waals surface area (Å²) in [6.45, 7) is 0. The van der Waals surface area contributed by atoms with E-state index >= 15 is 0 Å². The lowest BCUT2D eigenvalue weighted by molar-refractivity contribution is -0.137. The number of benzene rings is 1. The molecular weight excluding hydrogens is 326 g/mol. The van der Waals surface area contributed by atoms with Gasteiger partial charge in [-0.25, -0.2) is 8.78 Å². The van der Waals surface area contributed by atoms with E-state index in [2.05, 4.69) is 21.2 Å². The SMILES string of the molecule is NC(CCC(=O)O)C(=O)Nc1cc(F)c(Br)cc1F. The summed E-state index contributed by atoms with van der Waals surface area (Å²) in [5.74, 6) is -3.44. The van der Waals surface area contributed by atoms with Crippen LogP contribution in [0.3, 0.4) is 0 Å². The highest BCUT2D eigenvalue weighted by molar-refractivity contribution is 9.10. The Labute approximate surface area is 115 Å². The van der Waals surface area contributed by atoms with Crippen molar-refractivity contribution in [1.82, 2.24) is 0 Å². The molecule has 0 saturated carbocycles. The molecule has 1 unspecified atom stereocenters. The minimum atomic E-state index is -1.11. The Hall–Kier alpha value is -1.54. The van der Waals surface area contributed by atoms with E-state index in [1.807, 2.05) is 0 Å². The molecule has 0 saturated heterocycles. The molecule has 0 aromatic heterocycles. The quantitative estimate of drug-likeness (QED) is 0.715. The third-order valence-corrected chi connectivity index (χ3v) is 2.88. The molecular formula is C11H11BrF2N2O3. The van der Waals surface area contributed by atoms with Crippen LogP contribution in [0.2, 0.25) is 0 Å². The predicted octanol–water partition coefficient (Wildman–Crippen LogP) is 1.86. The zero-order valence-electron chi connectivity index (χ0n) is 9.62. The van der Waals surface area contributed by atoms with Crippen LogP contribution in [0.25, 0.3) is 0 Å². The maximum atomic E-state index is 13.4. The van der Waals surface area contributed by atoms with Crippen LogP contribution < -0.4 is 11.1 Å². The predicted molar refractivity (Wildman–Crippen MR) is 67.5 cm³/mol. The first-order valence-corrected chi connectivity index (χ1v) is 6.03. The highest BCUT2D eigenvalue weighted by atomic mass is 79.9. The minimum Gasteiger partial charge on any atom is -0.481 e. The van der Waals surface area contributed by atoms with Crippen molar-refractivity contribution in [2.75, 3.05) is 5.32 Å². The topological polar surface area (TPSA) is 92.4 Å². The summed E-state index contributed by atoms with van der Waals surface area (Å²) in [5, 5.41) is 10.6. The molecule has 104 valence electrons. The number of carboxylic acids is 1. The Bertz CT molecular complexity index is 511. The van der Waals surface area contributed by atoms with Gasteiger partial charge in [0.05, 0.1) is 16.2 Å². The van der Waals surface area contributed by atoms with Gasteiger partial charge in [-0.2, -0.15) is 0 Å². The fourth-order valence-corrected chi connectivity index (χ4v) is 1.57. The molecule has 0 radical (unpaired) electrons. The maximum Gasteiger partial charge on any atom is 0.303 e. The first kappa shape index (κ1) is 15.5. The average molecular weight is 337 g/mol. The van der Waals surface area contributed by atoms with Gasteiger partial charge in [-0.15, -0.1) is 0 Å². The standard InChI is InChI=1S/C11H11BrF2N2O3/c12-5-3-7(14)9(4-6(5)13)16-11(19)8(15)1-2-10(17)18/h3-4,8H,1-2,15H2,(H,16,19)(H,17,18). The van der Waals surface area contributed by atoms with Gasteiger partial charge in [0.25, 0.3) is 0 Å². The number of carbonyl (C=O) groups is 2. The molecule has 1 amide bonds. The van der Waals surface area contributed by atoms with Crippen LogP contribution in [-0.4, -0.2) is 23.0 Å². The maximum absolute atomic E-state index is 13.4. The summed E-state index contributed by atoms with van der Waals surface area (Å²) in [6, 6.07) is 0.566. The molecule has 4 N–H and O–H groups in total. The number of nitrogens with two attached hydrogens (primary N) is 1. The van der Waals surface area contributed by atoms with E-state index in [-0.39, 0.29) is 23.0 Å². The summed E-state index contributed by atoms with van der Waals surface area (Å²) >= 11 is 2.80. The average Bonchev–Trinajstić information content (AvgIpc) is 2.32. The van der Waals surface area contributed by atoms with Crippen molar-refractivity contribution in [2.24, 2.45) is 5.73 Å². The number of amides is 1. The monoisotopic (exact) mass is 336 g/mol. The second-order valence-electron chi connectivity index (χ2n) is 3.77. The van der Waals surface area contributed by atoms with E-state index in [9.17, 15) is 18.4 Å². The molecule has 0 spiro atoms. The normalized spacial score (nSPS) is 12.0. The number of rotatable bonds is 5. The summed E-state index contributed by atoms with van der Waals surface area (Å²) in [7, 11) is 0. The number of carbonyl (C=O) groups excluding carboxylic acids is 1. The molecule has 1 rings (SSSR count). The van der Waals surface area contributed by atoms with Crippen molar-refractivity contribution < 1.29 is 23.5 Å². The fraction of sp³-hybridized carbons (Fsp3) is 0.273. The van der Waals surface area contributed by atoms with Gasteiger partial charge >= 0.3 is 5.97 Å². The molecule has 0 aliphatic rings. The summed E-state index contributed by atoms with van der Waals surface area (Å²) in [5.41, 5.74) is 5.08. The minimum absolute atomic E-state index is 0.0711. The molecule has 0 fully saturated rings. The molecule has 8 heteroatoms. The lowest BCUT2D eigenvalue weighted by Gasteiger charge is -2.12. The zero-order chi connectivity index (χ0) is 14.6. The molecule has 19 heavy (non-hydrogen) atoms. The molecule has 0 heterocycles. The summed E-state index contributed by atoms with van der Waals surface area (Å²) < 4.78 is 26.5. The van der Waals surface area contributed by atoms with E-state index in [1.54, 1.807) is 0 Å². The van der Waals surface area contributed by atoms with Crippen molar-refractivity contribution in [3.8, 4) is 0 Å². The van der Waals surface area contributed by atoms with Gasteiger partial charge in [-0.05, 0) is 28.4 Å². The Morgan fingerprint density at radius 3 is 2.58 bits per heavy atom. The van der Waals surface area contributed by atoms with Crippen molar-refractivity contribution in [1.29, 1.82) is 0 Å². The lowest BCUT2D eigenvalue weighted by Crippen LogP contribution is -2.36. The third kappa shape index (κ3) is 4.56. The van der Waals surface area contributed by atoms with Gasteiger partial charge in [-0.3, -0.25) is 9.59 Å². The van der Waals surface area contributed by atoms with Crippen molar-refractivity contribution in [3.05, 3.63) is 28.2 Å². The van der Waals surface area contributed by atoms with E-state index in [0.29, 0.717) is 0 Å². The van der Waals surface area contributed by atoms with Gasteiger partial charge in [0, 0.05) is 12.5 Å². The first-order valence-electron chi connectivity index (χ1n) is 5.24. The van der Waals surface area contributed by atoms with Crippen molar-refractivity contribution >= 4 is 33.5 Å². The van der Waals surface area contributed by atoms with E-state index in [1.165, 1.54) is 0 Å². The third-order valence-electron chi connectivity index (χ3n) is 2.27. The molecule has 1 aromatic carbocycles. The van der Waals surface area contributed by atoms with E-state index in [0.717, 1.165) is 12.1 Å². The summed E-state index contributed by atoms with van der Waals surface area (Å²) in [4.78, 5) is 21.9. The van der Waals surface area contributed by atoms with Crippen molar-refractivity contribution in [2.45, 2.75) is 18.9 Å². The Kier molecular flexibility index (Phi) is 5.37. The Balaban J connectivity index is 2.71. The van der Waals surface area contributed by atoms with Crippen LogP contribution in [0.5, 0.6) is 0 Å². The van der Waals surface area contributed by atoms with Gasteiger partial charge in [0.1, 0.15) is 11.6 Å². The number of hydrogen-bond donors (Lipinski definition) is 3. The fourth-order valence-electron chi connectivity index (χ4n) is 1.25. The zero-order valence-corrected chi connectivity index (χ0v) is 11.2. The number of hydrogen-bond acceptors (Lipinski definition) is 3. The van der Waals surface area contributed by atoms with Gasteiger partial charge in [0.15, 0.2) is 0 Å². The van der Waals surface area contributed by atoms with Crippen LogP contribution in [0, 0.1) is 11.6 Å². The highest BCUT2D eigenvalue weighted by Gasteiger charge is 2.17. The van der Waals surface area contributed by atoms with Crippen LogP contribution in [0.15, 0.2) is 16.6 Å². The number of nitrogens with one attached hydrogen (secondary N) is 1. The first-order chi connectivity index (χ1) is 8.81. The Morgan fingerprint density at radius 2 is 2.00 bits per heavy atom. The van der Waals surface area contributed by atoms with Crippen LogP contribution >= 0.6 is 15.9 Å². The highest BCUT2D eigenvalue weighted by Crippen LogP contribution is 2.23. The van der Waals surface area contributed by atoms with Gasteiger partial charge < -0.3 is 16.2 Å². The van der Waals surface area contributed by atoms with Crippen molar-refractivity contribution in [3.63, 3.8) is 0 Å². The van der Waals surface area contributed by atoms with E-state index in [4.69, 9.17) is 10.8 Å². The molecule has 0 aliphatic carbocycles. The molecule has 0 bridgehead atoms. The second kappa shape index (κ2) is 6.58. The number of halogens is 3. The number of anilines is 1. The number of aliphatic carboxylic acids is 1. The van der Waals surface area contributed by atoms with Gasteiger partial charge in [-0.1, -0.05) is 0 Å². The largest absolute Gasteiger partial charge is 0.481 e. The van der Waals surface area contributed by atoms with Crippen LogP contribution in [0.1, 0.15) is 12.8 Å². The van der Waals surface area contributed by atoms with E-state index < -0.39 is 29.6 Å². The van der Waals surface area contributed by atoms with Crippen LogP contribution in [-0.2, 0) is 9.59 Å². The second-order valence-corrected chi connectivity index (χ2v) is 4.63. The molecule has 1 aromatic rings. The lowest BCUT2D eigenvalue weighted by atomic mass is 10.1.